The molecule has 0 aromatic heterocycles. The van der Waals surface area contributed by atoms with E-state index in [0.717, 1.165) is 11.8 Å². The molecular weight excluding hydrogens is 132 g/mol. The van der Waals surface area contributed by atoms with E-state index in [9.17, 15) is 0 Å². The van der Waals surface area contributed by atoms with Crippen LogP contribution in [0.2, 0.25) is 0 Å². The molecule has 3 saturated carbocycles. The van der Waals surface area contributed by atoms with Crippen molar-refractivity contribution in [2.45, 2.75) is 31.1 Å². The maximum absolute atomic E-state index is 6.29. The predicted molar refractivity (Wildman–Crippen MR) is 37.5 cm³/mol. The third-order valence-corrected chi connectivity index (χ3v) is 4.87. The van der Waals surface area contributed by atoms with Crippen LogP contribution in [0.4, 0.5) is 0 Å². The average Bonchev–Trinajstić information content (AvgIpc) is 2.20. The lowest BCUT2D eigenvalue weighted by atomic mass is 9.58. The molecule has 0 aromatic rings. The van der Waals surface area contributed by atoms with Gasteiger partial charge < -0.3 is 0 Å². The van der Waals surface area contributed by atoms with E-state index in [1.807, 2.05) is 0 Å². The fraction of sp³-hybridized carbons (Fsp3) is 1.00. The largest absolute Gasteiger partial charge is 0.119 e. The minimum Gasteiger partial charge on any atom is -0.119 e. The van der Waals surface area contributed by atoms with Gasteiger partial charge in [-0.3, -0.25) is 0 Å². The van der Waals surface area contributed by atoms with Gasteiger partial charge >= 0.3 is 0 Å². The molecule has 1 heteroatoms. The summed E-state index contributed by atoms with van der Waals surface area (Å²) in [4.78, 5) is 0.246. The van der Waals surface area contributed by atoms with Gasteiger partial charge in [-0.25, -0.2) is 0 Å². The Morgan fingerprint density at radius 1 is 1.56 bits per heavy atom. The summed E-state index contributed by atoms with van der Waals surface area (Å²) < 4.78 is 0. The number of rotatable bonds is 0. The van der Waals surface area contributed by atoms with E-state index < -0.39 is 0 Å². The molecule has 3 rings (SSSR count). The Balaban J connectivity index is 2.03. The number of hydrogen-bond acceptors (Lipinski definition) is 0. The van der Waals surface area contributed by atoms with Gasteiger partial charge in [-0.15, -0.1) is 11.6 Å². The smallest absolute Gasteiger partial charge is 0.0514 e. The van der Waals surface area contributed by atoms with E-state index in [4.69, 9.17) is 11.6 Å². The van der Waals surface area contributed by atoms with Crippen LogP contribution in [0.5, 0.6) is 0 Å². The summed E-state index contributed by atoms with van der Waals surface area (Å²) in [6, 6.07) is 0. The summed E-state index contributed by atoms with van der Waals surface area (Å²) in [7, 11) is 0. The lowest BCUT2D eigenvalue weighted by Gasteiger charge is -2.46. The van der Waals surface area contributed by atoms with Crippen LogP contribution in [0.3, 0.4) is 0 Å². The molecule has 0 nitrogen and oxygen atoms in total. The minimum atomic E-state index is 0.246. The van der Waals surface area contributed by atoms with Gasteiger partial charge in [0.15, 0.2) is 0 Å². The summed E-state index contributed by atoms with van der Waals surface area (Å²) in [6.07, 6.45) is 4.35. The van der Waals surface area contributed by atoms with Crippen molar-refractivity contribution in [2.75, 3.05) is 0 Å². The molecule has 0 N–H and O–H groups in total. The zero-order valence-corrected chi connectivity index (χ0v) is 6.41. The summed E-state index contributed by atoms with van der Waals surface area (Å²) >= 11 is 6.29. The summed E-state index contributed by atoms with van der Waals surface area (Å²) in [6.45, 7) is 2.23. The number of alkyl halides is 1. The fourth-order valence-corrected chi connectivity index (χ4v) is 4.03. The fourth-order valence-electron chi connectivity index (χ4n) is 3.42. The standard InChI is InChI=1S/C8H11Cl/c1-7(9)6-4-5-2-3-8(5,6)7/h5-6H,2-4H2,1H3/t5?,6?,7-,8?/m1/s1. The molecule has 0 saturated heterocycles. The minimum absolute atomic E-state index is 0.246. The molecule has 50 valence electrons. The molecule has 0 aromatic carbocycles. The molecule has 0 heterocycles. The van der Waals surface area contributed by atoms with E-state index in [2.05, 4.69) is 6.92 Å². The van der Waals surface area contributed by atoms with Gasteiger partial charge in [-0.2, -0.15) is 0 Å². The van der Waals surface area contributed by atoms with Gasteiger partial charge in [0.1, 0.15) is 0 Å². The van der Waals surface area contributed by atoms with Gasteiger partial charge in [0, 0.05) is 0 Å². The molecule has 0 radical (unpaired) electrons. The van der Waals surface area contributed by atoms with Crippen molar-refractivity contribution in [3.63, 3.8) is 0 Å². The van der Waals surface area contributed by atoms with Crippen LogP contribution in [-0.4, -0.2) is 4.87 Å². The first kappa shape index (κ1) is 5.01. The van der Waals surface area contributed by atoms with Crippen LogP contribution in [0.15, 0.2) is 0 Å². The molecular formula is C8H11Cl. The van der Waals surface area contributed by atoms with E-state index >= 15 is 0 Å². The van der Waals surface area contributed by atoms with Crippen molar-refractivity contribution in [1.82, 2.24) is 0 Å². The Morgan fingerprint density at radius 2 is 2.33 bits per heavy atom. The first-order chi connectivity index (χ1) is 4.19. The second-order valence-electron chi connectivity index (χ2n) is 4.14. The lowest BCUT2D eigenvalue weighted by Crippen LogP contribution is -2.39. The topological polar surface area (TPSA) is 0 Å². The molecule has 4 atom stereocenters. The monoisotopic (exact) mass is 142 g/mol. The van der Waals surface area contributed by atoms with Crippen LogP contribution in [0.25, 0.3) is 0 Å². The first-order valence-corrected chi connectivity index (χ1v) is 4.26. The summed E-state index contributed by atoms with van der Waals surface area (Å²) in [5.41, 5.74) is 0.689. The molecule has 9 heavy (non-hydrogen) atoms. The highest BCUT2D eigenvalue weighted by Crippen LogP contribution is 2.87. The lowest BCUT2D eigenvalue weighted by molar-refractivity contribution is 0.0311. The molecule has 3 aliphatic rings. The van der Waals surface area contributed by atoms with Crippen LogP contribution in [-0.2, 0) is 0 Å². The molecule has 1 spiro atoms. The SMILES string of the molecule is C[C@@]1(Cl)C2CC3CCC321. The Hall–Kier alpha value is 0.290. The normalized spacial score (nSPS) is 75.3. The van der Waals surface area contributed by atoms with Crippen molar-refractivity contribution in [3.05, 3.63) is 0 Å². The Bertz CT molecular complexity index is 185. The van der Waals surface area contributed by atoms with Crippen LogP contribution in [0.1, 0.15) is 26.2 Å². The molecule has 3 unspecified atom stereocenters. The van der Waals surface area contributed by atoms with E-state index in [0.29, 0.717) is 5.41 Å². The highest BCUT2D eigenvalue weighted by Gasteiger charge is 2.85. The Morgan fingerprint density at radius 3 is 2.33 bits per heavy atom. The average molecular weight is 143 g/mol. The first-order valence-electron chi connectivity index (χ1n) is 3.88. The molecule has 0 bridgehead atoms. The zero-order valence-electron chi connectivity index (χ0n) is 5.65. The zero-order chi connectivity index (χ0) is 6.28. The maximum atomic E-state index is 6.29. The van der Waals surface area contributed by atoms with Gasteiger partial charge in [0.25, 0.3) is 0 Å². The Kier molecular flexibility index (Phi) is 0.541. The predicted octanol–water partition coefficient (Wildman–Crippen LogP) is 2.41. The van der Waals surface area contributed by atoms with E-state index in [1.54, 1.807) is 0 Å². The van der Waals surface area contributed by atoms with Crippen molar-refractivity contribution < 1.29 is 0 Å². The van der Waals surface area contributed by atoms with Crippen molar-refractivity contribution in [3.8, 4) is 0 Å². The van der Waals surface area contributed by atoms with Gasteiger partial charge in [-0.1, -0.05) is 0 Å². The third-order valence-electron chi connectivity index (χ3n) is 4.26. The van der Waals surface area contributed by atoms with Crippen LogP contribution < -0.4 is 0 Å². The van der Waals surface area contributed by atoms with E-state index in [-0.39, 0.29) is 4.87 Å². The second-order valence-corrected chi connectivity index (χ2v) is 4.93. The summed E-state index contributed by atoms with van der Waals surface area (Å²) in [5.74, 6) is 1.97. The van der Waals surface area contributed by atoms with Crippen molar-refractivity contribution in [1.29, 1.82) is 0 Å². The van der Waals surface area contributed by atoms with Gasteiger partial charge in [-0.05, 0) is 43.4 Å². The molecule has 3 aliphatic carbocycles. The molecule has 0 amide bonds. The maximum Gasteiger partial charge on any atom is 0.0514 e. The Labute approximate surface area is 60.6 Å². The van der Waals surface area contributed by atoms with Gasteiger partial charge in [0.2, 0.25) is 0 Å². The van der Waals surface area contributed by atoms with Crippen LogP contribution >= 0.6 is 11.6 Å². The van der Waals surface area contributed by atoms with Crippen LogP contribution in [0, 0.1) is 17.3 Å². The quantitative estimate of drug-likeness (QED) is 0.456. The summed E-state index contributed by atoms with van der Waals surface area (Å²) in [5, 5.41) is 0. The highest BCUT2D eigenvalue weighted by molar-refractivity contribution is 6.27. The van der Waals surface area contributed by atoms with Crippen molar-refractivity contribution >= 4 is 11.6 Å². The van der Waals surface area contributed by atoms with E-state index in [1.165, 1.54) is 19.3 Å². The third kappa shape index (κ3) is 0.263. The second kappa shape index (κ2) is 0.972. The van der Waals surface area contributed by atoms with Gasteiger partial charge in [0.05, 0.1) is 4.87 Å². The highest BCUT2D eigenvalue weighted by atomic mass is 35.5. The number of hydrogen-bond donors (Lipinski definition) is 0. The molecule has 3 fully saturated rings. The molecule has 0 aliphatic heterocycles. The van der Waals surface area contributed by atoms with Crippen molar-refractivity contribution in [2.24, 2.45) is 17.3 Å². The number of halogens is 1.